The monoisotopic (exact) mass is 170 g/mol. The molecule has 0 aliphatic heterocycles. The molecule has 0 aromatic heterocycles. The highest BCUT2D eigenvalue weighted by atomic mass is 19.1. The number of rotatable bonds is 1. The summed E-state index contributed by atoms with van der Waals surface area (Å²) in [4.78, 5) is 8.95. The van der Waals surface area contributed by atoms with Crippen molar-refractivity contribution < 1.29 is 13.9 Å². The predicted molar refractivity (Wildman–Crippen MR) is 44.2 cm³/mol. The second kappa shape index (κ2) is 6.34. The molecule has 0 spiro atoms. The minimum Gasteiger partial charge on any atom is -0.471 e. The summed E-state index contributed by atoms with van der Waals surface area (Å²) in [5.74, 6) is -0.171. The number of methoxy groups -OCH3 is 1. The van der Waals surface area contributed by atoms with Gasteiger partial charge in [-0.15, -0.1) is 0 Å². The van der Waals surface area contributed by atoms with Crippen molar-refractivity contribution in [3.05, 3.63) is 35.6 Å². The molecule has 0 aliphatic carbocycles. The van der Waals surface area contributed by atoms with Crippen LogP contribution in [-0.2, 0) is 9.53 Å². The van der Waals surface area contributed by atoms with Crippen molar-refractivity contribution in [3.8, 4) is 0 Å². The van der Waals surface area contributed by atoms with Crippen LogP contribution in [0.25, 0.3) is 0 Å². The first kappa shape index (κ1) is 10.6. The van der Waals surface area contributed by atoms with E-state index in [0.717, 1.165) is 5.56 Å². The lowest BCUT2D eigenvalue weighted by atomic mass is 10.2. The Bertz CT molecular complexity index is 197. The molecule has 0 saturated heterocycles. The van der Waals surface area contributed by atoms with Gasteiger partial charge in [-0.25, -0.2) is 4.39 Å². The van der Waals surface area contributed by atoms with Gasteiger partial charge < -0.3 is 4.74 Å². The number of halogens is 1. The molecule has 0 aliphatic rings. The highest BCUT2D eigenvalue weighted by Gasteiger charge is 1.83. The Morgan fingerprint density at radius 3 is 2.00 bits per heavy atom. The van der Waals surface area contributed by atoms with E-state index in [0.29, 0.717) is 6.47 Å². The maximum absolute atomic E-state index is 12.1. The lowest BCUT2D eigenvalue weighted by molar-refractivity contribution is -0.126. The first-order valence-corrected chi connectivity index (χ1v) is 3.39. The average molecular weight is 170 g/mol. The molecule has 0 N–H and O–H groups in total. The topological polar surface area (TPSA) is 26.3 Å². The SMILES string of the molecule is COC=O.Cc1ccc(F)cc1. The molecule has 0 atom stereocenters. The first-order chi connectivity index (χ1) is 5.70. The van der Waals surface area contributed by atoms with Gasteiger partial charge in [-0.05, 0) is 19.1 Å². The van der Waals surface area contributed by atoms with Crippen LogP contribution in [0.3, 0.4) is 0 Å². The molecule has 66 valence electrons. The Morgan fingerprint density at radius 2 is 1.75 bits per heavy atom. The van der Waals surface area contributed by atoms with E-state index in [9.17, 15) is 4.39 Å². The van der Waals surface area contributed by atoms with Crippen molar-refractivity contribution in [1.82, 2.24) is 0 Å². The minimum atomic E-state index is -0.171. The number of carbonyl (C=O) groups is 1. The van der Waals surface area contributed by atoms with E-state index in [1.807, 2.05) is 6.92 Å². The highest BCUT2D eigenvalue weighted by Crippen LogP contribution is 1.98. The Balaban J connectivity index is 0.000000261. The number of carbonyl (C=O) groups excluding carboxylic acids is 1. The average Bonchev–Trinajstić information content (AvgIpc) is 2.11. The van der Waals surface area contributed by atoms with Crippen LogP contribution in [0.4, 0.5) is 4.39 Å². The van der Waals surface area contributed by atoms with Crippen LogP contribution >= 0.6 is 0 Å². The van der Waals surface area contributed by atoms with Crippen LogP contribution in [-0.4, -0.2) is 13.6 Å². The fraction of sp³-hybridized carbons (Fsp3) is 0.222. The molecule has 0 radical (unpaired) electrons. The van der Waals surface area contributed by atoms with Crippen molar-refractivity contribution in [2.45, 2.75) is 6.92 Å². The van der Waals surface area contributed by atoms with Gasteiger partial charge in [-0.1, -0.05) is 17.7 Å². The zero-order chi connectivity index (χ0) is 9.40. The third-order valence-electron chi connectivity index (χ3n) is 1.11. The van der Waals surface area contributed by atoms with Gasteiger partial charge in [0.05, 0.1) is 7.11 Å². The van der Waals surface area contributed by atoms with Gasteiger partial charge in [-0.3, -0.25) is 4.79 Å². The normalized spacial score (nSPS) is 7.92. The van der Waals surface area contributed by atoms with E-state index >= 15 is 0 Å². The summed E-state index contributed by atoms with van der Waals surface area (Å²) in [6.07, 6.45) is 0. The van der Waals surface area contributed by atoms with Gasteiger partial charge in [0.2, 0.25) is 0 Å². The maximum atomic E-state index is 12.1. The van der Waals surface area contributed by atoms with Crippen LogP contribution in [0.15, 0.2) is 24.3 Å². The van der Waals surface area contributed by atoms with E-state index in [4.69, 9.17) is 4.79 Å². The van der Waals surface area contributed by atoms with Gasteiger partial charge in [0.25, 0.3) is 6.47 Å². The summed E-state index contributed by atoms with van der Waals surface area (Å²) in [7, 11) is 1.31. The minimum absolute atomic E-state index is 0.171. The molecule has 0 fully saturated rings. The van der Waals surface area contributed by atoms with Gasteiger partial charge in [0.15, 0.2) is 0 Å². The van der Waals surface area contributed by atoms with Crippen molar-refractivity contribution in [2.75, 3.05) is 7.11 Å². The summed E-state index contributed by atoms with van der Waals surface area (Å²) >= 11 is 0. The molecule has 2 nitrogen and oxygen atoms in total. The van der Waals surface area contributed by atoms with Gasteiger partial charge in [-0.2, -0.15) is 0 Å². The fourth-order valence-electron chi connectivity index (χ4n) is 0.533. The van der Waals surface area contributed by atoms with Crippen molar-refractivity contribution in [2.24, 2.45) is 0 Å². The highest BCUT2D eigenvalue weighted by molar-refractivity contribution is 5.36. The molecule has 0 saturated carbocycles. The molecule has 12 heavy (non-hydrogen) atoms. The molecule has 0 bridgehead atoms. The van der Waals surface area contributed by atoms with Gasteiger partial charge in [0.1, 0.15) is 5.82 Å². The molecular weight excluding hydrogens is 159 g/mol. The Kier molecular flexibility index (Phi) is 5.61. The molecular formula is C9H11FO2. The van der Waals surface area contributed by atoms with Crippen LogP contribution in [0.5, 0.6) is 0 Å². The Labute approximate surface area is 71.0 Å². The largest absolute Gasteiger partial charge is 0.471 e. The molecule has 1 rings (SSSR count). The summed E-state index contributed by atoms with van der Waals surface area (Å²) < 4.78 is 15.9. The molecule has 0 heterocycles. The lowest BCUT2D eigenvalue weighted by Gasteiger charge is -1.87. The smallest absolute Gasteiger partial charge is 0.292 e. The number of aryl methyl sites for hydroxylation is 1. The molecule has 3 heteroatoms. The molecule has 1 aromatic rings. The van der Waals surface area contributed by atoms with E-state index in [-0.39, 0.29) is 5.82 Å². The van der Waals surface area contributed by atoms with Crippen molar-refractivity contribution in [3.63, 3.8) is 0 Å². The summed E-state index contributed by atoms with van der Waals surface area (Å²) in [6, 6.07) is 6.40. The summed E-state index contributed by atoms with van der Waals surface area (Å²) in [6.45, 7) is 2.30. The molecule has 1 aromatic carbocycles. The predicted octanol–water partition coefficient (Wildman–Crippen LogP) is 1.92. The summed E-state index contributed by atoms with van der Waals surface area (Å²) in [5, 5.41) is 0. The number of hydrogen-bond donors (Lipinski definition) is 0. The van der Waals surface area contributed by atoms with Crippen molar-refractivity contribution in [1.29, 1.82) is 0 Å². The second-order valence-corrected chi connectivity index (χ2v) is 2.13. The maximum Gasteiger partial charge on any atom is 0.292 e. The Morgan fingerprint density at radius 1 is 1.33 bits per heavy atom. The zero-order valence-electron chi connectivity index (χ0n) is 7.08. The Hall–Kier alpha value is -1.38. The fourth-order valence-corrected chi connectivity index (χ4v) is 0.533. The van der Waals surface area contributed by atoms with Gasteiger partial charge >= 0.3 is 0 Å². The van der Waals surface area contributed by atoms with Crippen LogP contribution in [0.2, 0.25) is 0 Å². The van der Waals surface area contributed by atoms with Crippen LogP contribution in [0, 0.1) is 12.7 Å². The quantitative estimate of drug-likeness (QED) is 0.602. The van der Waals surface area contributed by atoms with Crippen LogP contribution < -0.4 is 0 Å². The third kappa shape index (κ3) is 5.41. The zero-order valence-corrected chi connectivity index (χ0v) is 7.08. The first-order valence-electron chi connectivity index (χ1n) is 3.39. The molecule has 0 unspecified atom stereocenters. The van der Waals surface area contributed by atoms with Crippen molar-refractivity contribution >= 4 is 6.47 Å². The third-order valence-corrected chi connectivity index (χ3v) is 1.11. The standard InChI is InChI=1S/C7H7F.C2H4O2/c1-6-2-4-7(8)5-3-6;1-4-2-3/h2-5H,1H3;2H,1H3. The number of ether oxygens (including phenoxy) is 1. The molecule has 0 amide bonds. The van der Waals surface area contributed by atoms with Gasteiger partial charge in [0, 0.05) is 0 Å². The van der Waals surface area contributed by atoms with E-state index in [1.54, 1.807) is 12.1 Å². The van der Waals surface area contributed by atoms with Crippen LogP contribution in [0.1, 0.15) is 5.56 Å². The lowest BCUT2D eigenvalue weighted by Crippen LogP contribution is -1.71. The van der Waals surface area contributed by atoms with E-state index in [1.165, 1.54) is 19.2 Å². The van der Waals surface area contributed by atoms with E-state index in [2.05, 4.69) is 4.74 Å². The number of benzene rings is 1. The summed E-state index contributed by atoms with van der Waals surface area (Å²) in [5.41, 5.74) is 1.09. The van der Waals surface area contributed by atoms with E-state index < -0.39 is 0 Å². The number of hydrogen-bond acceptors (Lipinski definition) is 2. The second-order valence-electron chi connectivity index (χ2n) is 2.13.